The Labute approximate surface area is 141 Å². The lowest BCUT2D eigenvalue weighted by molar-refractivity contribution is -0.137. The van der Waals surface area contributed by atoms with E-state index in [9.17, 15) is 18.0 Å². The van der Waals surface area contributed by atoms with Crippen LogP contribution in [0.4, 0.5) is 0 Å². The number of hydrogen-bond donors (Lipinski definition) is 1. The Kier molecular flexibility index (Phi) is 4.85. The van der Waals surface area contributed by atoms with Crippen molar-refractivity contribution in [3.8, 4) is 0 Å². The topological polar surface area (TPSA) is 91.8 Å². The van der Waals surface area contributed by atoms with Crippen LogP contribution in [-0.2, 0) is 14.6 Å². The summed E-state index contributed by atoms with van der Waals surface area (Å²) in [6.45, 7) is 4.48. The third-order valence-electron chi connectivity index (χ3n) is 3.88. The molecule has 1 aliphatic heterocycles. The van der Waals surface area contributed by atoms with Gasteiger partial charge in [-0.15, -0.1) is 0 Å². The lowest BCUT2D eigenvalue weighted by Gasteiger charge is -2.19. The number of carboxylic acids is 1. The van der Waals surface area contributed by atoms with Crippen LogP contribution in [0, 0.1) is 5.41 Å². The van der Waals surface area contributed by atoms with E-state index < -0.39 is 15.8 Å². The van der Waals surface area contributed by atoms with Gasteiger partial charge in [-0.2, -0.15) is 0 Å². The number of aliphatic carboxylic acids is 1. The van der Waals surface area contributed by atoms with Crippen LogP contribution in [0.25, 0.3) is 0 Å². The molecule has 0 saturated carbocycles. The van der Waals surface area contributed by atoms with Crippen LogP contribution >= 0.6 is 0 Å². The number of benzene rings is 1. The SMILES string of the molecule is CC1(C)C/C(=C/C(=O)c2ccc(S(C)(=O)=O)cc2)N(CC(=O)O)C1. The molecule has 1 N–H and O–H groups in total. The largest absolute Gasteiger partial charge is 0.480 e. The third kappa shape index (κ3) is 4.44. The van der Waals surface area contributed by atoms with Gasteiger partial charge in [-0.3, -0.25) is 9.59 Å². The molecule has 130 valence electrons. The summed E-state index contributed by atoms with van der Waals surface area (Å²) in [6, 6.07) is 5.73. The number of rotatable bonds is 5. The maximum absolute atomic E-state index is 12.4. The Balaban J connectivity index is 2.25. The molecule has 0 unspecified atom stereocenters. The highest BCUT2D eigenvalue weighted by atomic mass is 32.2. The molecular weight excluding hydrogens is 330 g/mol. The fraction of sp³-hybridized carbons (Fsp3) is 0.412. The van der Waals surface area contributed by atoms with Gasteiger partial charge < -0.3 is 10.0 Å². The van der Waals surface area contributed by atoms with E-state index in [4.69, 9.17) is 5.11 Å². The van der Waals surface area contributed by atoms with Crippen LogP contribution in [0.1, 0.15) is 30.6 Å². The minimum Gasteiger partial charge on any atom is -0.480 e. The zero-order chi connectivity index (χ0) is 18.1. The Bertz CT molecular complexity index is 791. The van der Waals surface area contributed by atoms with E-state index in [1.165, 1.54) is 30.3 Å². The van der Waals surface area contributed by atoms with Gasteiger partial charge >= 0.3 is 5.97 Å². The number of hydrogen-bond acceptors (Lipinski definition) is 5. The van der Waals surface area contributed by atoms with Gasteiger partial charge in [0.2, 0.25) is 0 Å². The van der Waals surface area contributed by atoms with Gasteiger partial charge in [0.25, 0.3) is 0 Å². The van der Waals surface area contributed by atoms with Gasteiger partial charge in [-0.25, -0.2) is 8.42 Å². The predicted octanol–water partition coefficient (Wildman–Crippen LogP) is 1.97. The van der Waals surface area contributed by atoms with Crippen LogP contribution in [0.2, 0.25) is 0 Å². The summed E-state index contributed by atoms with van der Waals surface area (Å²) >= 11 is 0. The number of likely N-dealkylation sites (tertiary alicyclic amines) is 1. The molecule has 1 aromatic rings. The summed E-state index contributed by atoms with van der Waals surface area (Å²) in [6.07, 6.45) is 3.18. The molecule has 1 fully saturated rings. The second kappa shape index (κ2) is 6.39. The molecular formula is C17H21NO5S. The Morgan fingerprint density at radius 1 is 1.25 bits per heavy atom. The highest BCUT2D eigenvalue weighted by Gasteiger charge is 2.34. The predicted molar refractivity (Wildman–Crippen MR) is 89.6 cm³/mol. The van der Waals surface area contributed by atoms with Gasteiger partial charge in [0, 0.05) is 30.1 Å². The summed E-state index contributed by atoms with van der Waals surface area (Å²) in [7, 11) is -3.31. The van der Waals surface area contributed by atoms with E-state index >= 15 is 0 Å². The monoisotopic (exact) mass is 351 g/mol. The minimum atomic E-state index is -3.31. The van der Waals surface area contributed by atoms with Crippen molar-refractivity contribution in [3.63, 3.8) is 0 Å². The van der Waals surface area contributed by atoms with E-state index in [0.29, 0.717) is 24.2 Å². The van der Waals surface area contributed by atoms with Crippen LogP contribution in [0.3, 0.4) is 0 Å². The first-order valence-electron chi connectivity index (χ1n) is 7.50. The molecule has 1 saturated heterocycles. The maximum atomic E-state index is 12.4. The van der Waals surface area contributed by atoms with Gasteiger partial charge in [0.15, 0.2) is 15.6 Å². The molecule has 6 nitrogen and oxygen atoms in total. The van der Waals surface area contributed by atoms with Crippen LogP contribution in [-0.4, -0.2) is 49.5 Å². The first kappa shape index (κ1) is 18.2. The molecule has 7 heteroatoms. The molecule has 0 bridgehead atoms. The normalized spacial score (nSPS) is 18.8. The van der Waals surface area contributed by atoms with Crippen molar-refractivity contribution in [3.05, 3.63) is 41.6 Å². The number of nitrogens with zero attached hydrogens (tertiary/aromatic N) is 1. The van der Waals surface area contributed by atoms with Gasteiger partial charge in [-0.05, 0) is 36.1 Å². The third-order valence-corrected chi connectivity index (χ3v) is 5.00. The molecule has 0 aromatic heterocycles. The highest BCUT2D eigenvalue weighted by molar-refractivity contribution is 7.90. The molecule has 0 spiro atoms. The number of carboxylic acid groups (broad SMARTS) is 1. The zero-order valence-electron chi connectivity index (χ0n) is 13.9. The molecule has 1 aromatic carbocycles. The molecule has 1 heterocycles. The number of allylic oxidation sites excluding steroid dienone is 2. The van der Waals surface area contributed by atoms with E-state index in [0.717, 1.165) is 6.26 Å². The molecule has 0 radical (unpaired) electrons. The van der Waals surface area contributed by atoms with E-state index in [-0.39, 0.29) is 22.6 Å². The average Bonchev–Trinajstić information content (AvgIpc) is 2.71. The fourth-order valence-corrected chi connectivity index (χ4v) is 3.47. The molecule has 2 rings (SSSR count). The quantitative estimate of drug-likeness (QED) is 0.644. The summed E-state index contributed by atoms with van der Waals surface area (Å²) in [4.78, 5) is 25.2. The summed E-state index contributed by atoms with van der Waals surface area (Å²) < 4.78 is 22.9. The van der Waals surface area contributed by atoms with Gasteiger partial charge in [0.05, 0.1) is 4.90 Å². The summed E-state index contributed by atoms with van der Waals surface area (Å²) in [5.74, 6) is -1.21. The van der Waals surface area contributed by atoms with Crippen molar-refractivity contribution in [1.29, 1.82) is 0 Å². The van der Waals surface area contributed by atoms with Crippen molar-refractivity contribution in [2.24, 2.45) is 5.41 Å². The fourth-order valence-electron chi connectivity index (χ4n) is 2.84. The Morgan fingerprint density at radius 2 is 1.83 bits per heavy atom. The van der Waals surface area contributed by atoms with Crippen LogP contribution in [0.15, 0.2) is 40.9 Å². The lowest BCUT2D eigenvalue weighted by atomic mass is 9.92. The molecule has 1 aliphatic rings. The van der Waals surface area contributed by atoms with E-state index in [1.807, 2.05) is 13.8 Å². The summed E-state index contributed by atoms with van der Waals surface area (Å²) in [5, 5.41) is 9.01. The smallest absolute Gasteiger partial charge is 0.323 e. The molecule has 0 aliphatic carbocycles. The highest BCUT2D eigenvalue weighted by Crippen LogP contribution is 2.36. The van der Waals surface area contributed by atoms with Crippen LogP contribution in [0.5, 0.6) is 0 Å². The van der Waals surface area contributed by atoms with Gasteiger partial charge in [0.1, 0.15) is 6.54 Å². The zero-order valence-corrected chi connectivity index (χ0v) is 14.8. The van der Waals surface area contributed by atoms with Crippen molar-refractivity contribution < 1.29 is 23.1 Å². The first-order chi connectivity index (χ1) is 11.0. The number of ketones is 1. The average molecular weight is 351 g/mol. The Hall–Kier alpha value is -2.15. The van der Waals surface area contributed by atoms with E-state index in [1.54, 1.807) is 4.90 Å². The number of carbonyl (C=O) groups excluding carboxylic acids is 1. The van der Waals surface area contributed by atoms with Crippen molar-refractivity contribution in [2.45, 2.75) is 25.2 Å². The second-order valence-electron chi connectivity index (χ2n) is 6.89. The Morgan fingerprint density at radius 3 is 2.33 bits per heavy atom. The van der Waals surface area contributed by atoms with Gasteiger partial charge in [-0.1, -0.05) is 13.8 Å². The molecule has 0 amide bonds. The summed E-state index contributed by atoms with van der Waals surface area (Å²) in [5.41, 5.74) is 0.969. The standard InChI is InChI=1S/C17H21NO5S/c1-17(2)9-13(18(11-17)10-16(20)21)8-15(19)12-4-6-14(7-5-12)24(3,22)23/h4-8H,9-11H2,1-3H3,(H,20,21)/b13-8-. The molecule has 0 atom stereocenters. The first-order valence-corrected chi connectivity index (χ1v) is 9.39. The van der Waals surface area contributed by atoms with Crippen LogP contribution < -0.4 is 0 Å². The van der Waals surface area contributed by atoms with E-state index in [2.05, 4.69) is 0 Å². The molecule has 24 heavy (non-hydrogen) atoms. The second-order valence-corrected chi connectivity index (χ2v) is 8.90. The van der Waals surface area contributed by atoms with Crippen molar-refractivity contribution in [2.75, 3.05) is 19.3 Å². The number of carbonyl (C=O) groups is 2. The lowest BCUT2D eigenvalue weighted by Crippen LogP contribution is -2.28. The van der Waals surface area contributed by atoms with Crippen molar-refractivity contribution >= 4 is 21.6 Å². The van der Waals surface area contributed by atoms with Crippen molar-refractivity contribution in [1.82, 2.24) is 4.90 Å². The maximum Gasteiger partial charge on any atom is 0.323 e. The number of sulfone groups is 1. The minimum absolute atomic E-state index is 0.0955.